The van der Waals surface area contributed by atoms with E-state index in [0.717, 1.165) is 0 Å². The lowest BCUT2D eigenvalue weighted by Crippen LogP contribution is -2.20. The maximum atomic E-state index is 12.2. The molecular weight excluding hydrogens is 326 g/mol. The SMILES string of the molecule is N#Cc1ccccc1NC(=O)C1CC1C(=O)Nc1ccc(Cl)cc1. The van der Waals surface area contributed by atoms with Crippen LogP contribution in [0.4, 0.5) is 11.4 Å². The van der Waals surface area contributed by atoms with Crippen molar-refractivity contribution in [1.29, 1.82) is 5.26 Å². The summed E-state index contributed by atoms with van der Waals surface area (Å²) in [7, 11) is 0. The van der Waals surface area contributed by atoms with E-state index in [1.54, 1.807) is 48.5 Å². The molecule has 0 spiro atoms. The van der Waals surface area contributed by atoms with Crippen LogP contribution >= 0.6 is 11.6 Å². The summed E-state index contributed by atoms with van der Waals surface area (Å²) in [5, 5.41) is 15.1. The molecule has 24 heavy (non-hydrogen) atoms. The molecule has 6 heteroatoms. The van der Waals surface area contributed by atoms with Crippen molar-refractivity contribution in [3.05, 3.63) is 59.1 Å². The molecule has 1 fully saturated rings. The molecule has 1 aliphatic rings. The van der Waals surface area contributed by atoms with Crippen LogP contribution in [0.1, 0.15) is 12.0 Å². The van der Waals surface area contributed by atoms with Gasteiger partial charge in [-0.3, -0.25) is 9.59 Å². The lowest BCUT2D eigenvalue weighted by molar-refractivity contribution is -0.122. The summed E-state index contributed by atoms with van der Waals surface area (Å²) in [4.78, 5) is 24.4. The summed E-state index contributed by atoms with van der Waals surface area (Å²) in [6, 6.07) is 15.6. The molecule has 0 aromatic heterocycles. The molecule has 0 heterocycles. The zero-order valence-corrected chi connectivity index (χ0v) is 13.4. The zero-order chi connectivity index (χ0) is 17.1. The molecule has 1 aliphatic carbocycles. The minimum atomic E-state index is -0.371. The molecule has 0 aliphatic heterocycles. The molecule has 2 unspecified atom stereocenters. The molecule has 0 radical (unpaired) electrons. The smallest absolute Gasteiger partial charge is 0.228 e. The van der Waals surface area contributed by atoms with E-state index in [1.807, 2.05) is 6.07 Å². The minimum absolute atomic E-state index is 0.189. The normalized spacial score (nSPS) is 18.3. The lowest BCUT2D eigenvalue weighted by Gasteiger charge is -2.07. The third kappa shape index (κ3) is 3.55. The topological polar surface area (TPSA) is 82.0 Å². The Morgan fingerprint density at radius 2 is 1.62 bits per heavy atom. The predicted octanol–water partition coefficient (Wildman–Crippen LogP) is 3.42. The second kappa shape index (κ2) is 6.73. The van der Waals surface area contributed by atoms with Gasteiger partial charge in [0.25, 0.3) is 0 Å². The van der Waals surface area contributed by atoms with E-state index >= 15 is 0 Å². The van der Waals surface area contributed by atoms with Crippen molar-refractivity contribution in [2.24, 2.45) is 11.8 Å². The summed E-state index contributed by atoms with van der Waals surface area (Å²) in [5.74, 6) is -1.15. The highest BCUT2D eigenvalue weighted by molar-refractivity contribution is 6.30. The van der Waals surface area contributed by atoms with Gasteiger partial charge in [0.05, 0.1) is 23.1 Å². The van der Waals surface area contributed by atoms with E-state index in [1.165, 1.54) is 0 Å². The van der Waals surface area contributed by atoms with E-state index in [9.17, 15) is 9.59 Å². The first-order valence-electron chi connectivity index (χ1n) is 7.45. The maximum absolute atomic E-state index is 12.2. The molecule has 2 amide bonds. The molecule has 0 bridgehead atoms. The number of para-hydroxylation sites is 1. The van der Waals surface area contributed by atoms with Crippen LogP contribution in [0.5, 0.6) is 0 Å². The molecule has 2 aromatic carbocycles. The largest absolute Gasteiger partial charge is 0.326 e. The fourth-order valence-electron chi connectivity index (χ4n) is 2.46. The molecule has 120 valence electrons. The van der Waals surface area contributed by atoms with E-state index in [0.29, 0.717) is 28.4 Å². The standard InChI is InChI=1S/C18H14ClN3O2/c19-12-5-7-13(8-6-12)21-17(23)14-9-15(14)18(24)22-16-4-2-1-3-11(16)10-20/h1-8,14-15H,9H2,(H,21,23)(H,22,24). The van der Waals surface area contributed by atoms with Gasteiger partial charge in [0.15, 0.2) is 0 Å². The molecule has 5 nitrogen and oxygen atoms in total. The number of nitriles is 1. The second-order valence-corrected chi connectivity index (χ2v) is 6.03. The van der Waals surface area contributed by atoms with Crippen molar-refractivity contribution >= 4 is 34.8 Å². The van der Waals surface area contributed by atoms with Crippen molar-refractivity contribution < 1.29 is 9.59 Å². The number of hydrogen-bond acceptors (Lipinski definition) is 3. The average Bonchev–Trinajstić information content (AvgIpc) is 3.38. The molecule has 1 saturated carbocycles. The van der Waals surface area contributed by atoms with Crippen LogP contribution in [0, 0.1) is 23.2 Å². The van der Waals surface area contributed by atoms with Gasteiger partial charge >= 0.3 is 0 Å². The number of hydrogen-bond donors (Lipinski definition) is 2. The van der Waals surface area contributed by atoms with E-state index < -0.39 is 0 Å². The Morgan fingerprint density at radius 3 is 2.29 bits per heavy atom. The Hall–Kier alpha value is -2.84. The van der Waals surface area contributed by atoms with E-state index in [2.05, 4.69) is 10.6 Å². The molecule has 2 N–H and O–H groups in total. The van der Waals surface area contributed by atoms with Crippen LogP contribution in [0.3, 0.4) is 0 Å². The van der Waals surface area contributed by atoms with Gasteiger partial charge in [-0.15, -0.1) is 0 Å². The van der Waals surface area contributed by atoms with Crippen molar-refractivity contribution in [2.45, 2.75) is 6.42 Å². The zero-order valence-electron chi connectivity index (χ0n) is 12.6. The number of anilines is 2. The van der Waals surface area contributed by atoms with Crippen molar-refractivity contribution in [3.63, 3.8) is 0 Å². The third-order valence-corrected chi connectivity index (χ3v) is 4.13. The highest BCUT2D eigenvalue weighted by Crippen LogP contribution is 2.40. The predicted molar refractivity (Wildman–Crippen MR) is 91.5 cm³/mol. The number of carbonyl (C=O) groups is 2. The van der Waals surface area contributed by atoms with Crippen LogP contribution < -0.4 is 10.6 Å². The van der Waals surface area contributed by atoms with Gasteiger partial charge in [0.1, 0.15) is 6.07 Å². The highest BCUT2D eigenvalue weighted by atomic mass is 35.5. The number of amides is 2. The average molecular weight is 340 g/mol. The summed E-state index contributed by atoms with van der Waals surface area (Å²) < 4.78 is 0. The first-order valence-corrected chi connectivity index (χ1v) is 7.82. The van der Waals surface area contributed by atoms with Gasteiger partial charge in [-0.2, -0.15) is 5.26 Å². The molecule has 2 aromatic rings. The molecule has 0 saturated heterocycles. The van der Waals surface area contributed by atoms with Crippen LogP contribution in [-0.4, -0.2) is 11.8 Å². The summed E-state index contributed by atoms with van der Waals surface area (Å²) in [6.07, 6.45) is 0.500. The summed E-state index contributed by atoms with van der Waals surface area (Å²) >= 11 is 5.80. The Balaban J connectivity index is 1.58. The summed E-state index contributed by atoms with van der Waals surface area (Å²) in [6.45, 7) is 0. The number of halogens is 1. The van der Waals surface area contributed by atoms with Gasteiger partial charge in [0, 0.05) is 10.7 Å². The lowest BCUT2D eigenvalue weighted by atomic mass is 10.2. The van der Waals surface area contributed by atoms with Gasteiger partial charge < -0.3 is 10.6 Å². The first-order chi connectivity index (χ1) is 11.6. The third-order valence-electron chi connectivity index (χ3n) is 3.88. The van der Waals surface area contributed by atoms with Gasteiger partial charge in [0.2, 0.25) is 11.8 Å². The fourth-order valence-corrected chi connectivity index (χ4v) is 2.58. The van der Waals surface area contributed by atoms with Crippen LogP contribution in [0.15, 0.2) is 48.5 Å². The number of nitrogens with one attached hydrogen (secondary N) is 2. The Morgan fingerprint density at radius 1 is 1.00 bits per heavy atom. The van der Waals surface area contributed by atoms with Crippen LogP contribution in [0.2, 0.25) is 5.02 Å². The minimum Gasteiger partial charge on any atom is -0.326 e. The first kappa shape index (κ1) is 16.0. The Kier molecular flexibility index (Phi) is 4.50. The quantitative estimate of drug-likeness (QED) is 0.895. The van der Waals surface area contributed by atoms with E-state index in [-0.39, 0.29) is 23.7 Å². The van der Waals surface area contributed by atoms with Crippen molar-refractivity contribution in [3.8, 4) is 6.07 Å². The maximum Gasteiger partial charge on any atom is 0.228 e. The van der Waals surface area contributed by atoms with Gasteiger partial charge in [-0.1, -0.05) is 23.7 Å². The summed E-state index contributed by atoms with van der Waals surface area (Å²) in [5.41, 5.74) is 1.51. The second-order valence-electron chi connectivity index (χ2n) is 5.59. The van der Waals surface area contributed by atoms with Crippen molar-refractivity contribution in [1.82, 2.24) is 0 Å². The Labute approximate surface area is 144 Å². The number of rotatable bonds is 4. The molecule has 2 atom stereocenters. The number of benzene rings is 2. The van der Waals surface area contributed by atoms with Gasteiger partial charge in [-0.05, 0) is 42.8 Å². The number of carbonyl (C=O) groups excluding carboxylic acids is 2. The number of nitrogens with zero attached hydrogens (tertiary/aromatic N) is 1. The highest BCUT2D eigenvalue weighted by Gasteiger charge is 2.48. The molecular formula is C18H14ClN3O2. The van der Waals surface area contributed by atoms with Crippen molar-refractivity contribution in [2.75, 3.05) is 10.6 Å². The Bertz CT molecular complexity index is 827. The van der Waals surface area contributed by atoms with Crippen LogP contribution in [0.25, 0.3) is 0 Å². The van der Waals surface area contributed by atoms with E-state index in [4.69, 9.17) is 16.9 Å². The monoisotopic (exact) mass is 339 g/mol. The van der Waals surface area contributed by atoms with Gasteiger partial charge in [-0.25, -0.2) is 0 Å². The fraction of sp³-hybridized carbons (Fsp3) is 0.167. The van der Waals surface area contributed by atoms with Crippen LogP contribution in [-0.2, 0) is 9.59 Å². The molecule has 3 rings (SSSR count).